The number of ether oxygens (including phenoxy) is 1. The van der Waals surface area contributed by atoms with Crippen molar-refractivity contribution < 1.29 is 9.13 Å². The zero-order valence-electron chi connectivity index (χ0n) is 17.0. The molecule has 0 radical (unpaired) electrons. The molecule has 0 aromatic heterocycles. The van der Waals surface area contributed by atoms with E-state index in [1.54, 1.807) is 12.1 Å². The zero-order chi connectivity index (χ0) is 18.9. The Balaban J connectivity index is 1.74. The second kappa shape index (κ2) is 16.6. The molecule has 0 aliphatic rings. The van der Waals surface area contributed by atoms with Crippen LogP contribution < -0.4 is 0 Å². The summed E-state index contributed by atoms with van der Waals surface area (Å²) in [5, 5.41) is 0. The van der Waals surface area contributed by atoms with Gasteiger partial charge in [0.2, 0.25) is 0 Å². The zero-order valence-corrected chi connectivity index (χ0v) is 17.8. The third-order valence-electron chi connectivity index (χ3n) is 4.55. The summed E-state index contributed by atoms with van der Waals surface area (Å²) in [6, 6.07) is 6.95. The Hall–Kier alpha value is -0.540. The fourth-order valence-corrected chi connectivity index (χ4v) is 3.94. The summed E-state index contributed by atoms with van der Waals surface area (Å²) in [4.78, 5) is 0. The topological polar surface area (TPSA) is 9.23 Å². The van der Waals surface area contributed by atoms with Crippen LogP contribution in [-0.2, 0) is 11.2 Å². The third-order valence-corrected chi connectivity index (χ3v) is 5.71. The molecule has 1 nitrogen and oxygen atoms in total. The fraction of sp³-hybridized carbons (Fsp3) is 0.739. The normalized spacial score (nSPS) is 11.4. The molecule has 0 spiro atoms. The molecular weight excluding hydrogens is 343 g/mol. The van der Waals surface area contributed by atoms with Gasteiger partial charge in [-0.25, -0.2) is 4.39 Å². The second-order valence-corrected chi connectivity index (χ2v) is 8.67. The van der Waals surface area contributed by atoms with Gasteiger partial charge in [-0.2, -0.15) is 11.8 Å². The number of thioether (sulfide) groups is 1. The molecule has 1 aromatic rings. The van der Waals surface area contributed by atoms with Crippen molar-refractivity contribution in [3.63, 3.8) is 0 Å². The van der Waals surface area contributed by atoms with Crippen molar-refractivity contribution in [2.75, 3.05) is 18.1 Å². The SMILES string of the molecule is CC(C)OCCCSCCCCCCCCCCCc1ccc(F)cc1. The molecule has 0 bridgehead atoms. The van der Waals surface area contributed by atoms with Gasteiger partial charge in [0.15, 0.2) is 0 Å². The molecule has 0 unspecified atom stereocenters. The van der Waals surface area contributed by atoms with Gasteiger partial charge in [-0.3, -0.25) is 0 Å². The quantitative estimate of drug-likeness (QED) is 0.259. The van der Waals surface area contributed by atoms with Crippen LogP contribution in [-0.4, -0.2) is 24.2 Å². The first-order valence-corrected chi connectivity index (χ1v) is 11.8. The van der Waals surface area contributed by atoms with E-state index in [1.165, 1.54) is 81.3 Å². The van der Waals surface area contributed by atoms with E-state index in [1.807, 2.05) is 12.1 Å². The van der Waals surface area contributed by atoms with E-state index in [0.29, 0.717) is 6.10 Å². The molecule has 0 fully saturated rings. The Morgan fingerprint density at radius 1 is 0.769 bits per heavy atom. The molecule has 1 rings (SSSR count). The van der Waals surface area contributed by atoms with Crippen LogP contribution in [0.3, 0.4) is 0 Å². The van der Waals surface area contributed by atoms with E-state index < -0.39 is 0 Å². The molecule has 0 N–H and O–H groups in total. The van der Waals surface area contributed by atoms with Gasteiger partial charge >= 0.3 is 0 Å². The maximum absolute atomic E-state index is 12.8. The maximum atomic E-state index is 12.8. The summed E-state index contributed by atoms with van der Waals surface area (Å²) >= 11 is 2.08. The molecule has 0 saturated heterocycles. The van der Waals surface area contributed by atoms with Crippen molar-refractivity contribution in [1.29, 1.82) is 0 Å². The molecule has 0 amide bonds. The standard InChI is InChI=1S/C23H39FOS/c1-21(2)25-18-12-20-26-19-11-9-7-5-3-4-6-8-10-13-22-14-16-23(24)17-15-22/h14-17,21H,3-13,18-20H2,1-2H3. The molecule has 0 aliphatic heterocycles. The lowest BCUT2D eigenvalue weighted by molar-refractivity contribution is 0.0800. The molecule has 3 heteroatoms. The van der Waals surface area contributed by atoms with E-state index in [-0.39, 0.29) is 5.82 Å². The first kappa shape index (κ1) is 23.5. The van der Waals surface area contributed by atoms with Crippen LogP contribution in [0, 0.1) is 5.82 Å². The largest absolute Gasteiger partial charge is 0.379 e. The monoisotopic (exact) mass is 382 g/mol. The number of hydrogen-bond acceptors (Lipinski definition) is 2. The number of unbranched alkanes of at least 4 members (excludes halogenated alkanes) is 8. The highest BCUT2D eigenvalue weighted by Crippen LogP contribution is 2.14. The van der Waals surface area contributed by atoms with Crippen LogP contribution in [0.25, 0.3) is 0 Å². The van der Waals surface area contributed by atoms with Crippen LogP contribution in [0.15, 0.2) is 24.3 Å². The first-order valence-electron chi connectivity index (χ1n) is 10.6. The van der Waals surface area contributed by atoms with Crippen molar-refractivity contribution in [2.24, 2.45) is 0 Å². The van der Waals surface area contributed by atoms with Crippen molar-refractivity contribution in [1.82, 2.24) is 0 Å². The van der Waals surface area contributed by atoms with Gasteiger partial charge < -0.3 is 4.74 Å². The van der Waals surface area contributed by atoms with Gasteiger partial charge in [0.25, 0.3) is 0 Å². The molecule has 0 heterocycles. The Kier molecular flexibility index (Phi) is 15.0. The maximum Gasteiger partial charge on any atom is 0.123 e. The predicted molar refractivity (Wildman–Crippen MR) is 115 cm³/mol. The van der Waals surface area contributed by atoms with Gasteiger partial charge in [-0.15, -0.1) is 0 Å². The van der Waals surface area contributed by atoms with E-state index in [2.05, 4.69) is 25.6 Å². The van der Waals surface area contributed by atoms with Gasteiger partial charge in [-0.05, 0) is 68.7 Å². The van der Waals surface area contributed by atoms with E-state index in [9.17, 15) is 4.39 Å². The summed E-state index contributed by atoms with van der Waals surface area (Å²) in [5.74, 6) is 2.42. The lowest BCUT2D eigenvalue weighted by Crippen LogP contribution is -2.04. The highest BCUT2D eigenvalue weighted by molar-refractivity contribution is 7.99. The van der Waals surface area contributed by atoms with Crippen LogP contribution in [0.4, 0.5) is 4.39 Å². The molecule has 0 saturated carbocycles. The Morgan fingerprint density at radius 3 is 1.92 bits per heavy atom. The third kappa shape index (κ3) is 14.6. The van der Waals surface area contributed by atoms with Crippen LogP contribution in [0.2, 0.25) is 0 Å². The summed E-state index contributed by atoms with van der Waals surface area (Å²) in [7, 11) is 0. The minimum absolute atomic E-state index is 0.136. The first-order chi connectivity index (χ1) is 12.7. The van der Waals surface area contributed by atoms with Crippen molar-refractivity contribution in [3.05, 3.63) is 35.6 Å². The lowest BCUT2D eigenvalue weighted by atomic mass is 10.0. The van der Waals surface area contributed by atoms with Crippen LogP contribution in [0.5, 0.6) is 0 Å². The van der Waals surface area contributed by atoms with Crippen molar-refractivity contribution >= 4 is 11.8 Å². The number of hydrogen-bond donors (Lipinski definition) is 0. The summed E-state index contributed by atoms with van der Waals surface area (Å²) in [5.41, 5.74) is 1.26. The minimum atomic E-state index is -0.136. The van der Waals surface area contributed by atoms with Gasteiger partial charge in [-0.1, -0.05) is 57.1 Å². The van der Waals surface area contributed by atoms with E-state index in [4.69, 9.17) is 4.74 Å². The molecule has 26 heavy (non-hydrogen) atoms. The summed E-state index contributed by atoms with van der Waals surface area (Å²) in [6.45, 7) is 5.11. The number of benzene rings is 1. The van der Waals surface area contributed by atoms with Crippen molar-refractivity contribution in [2.45, 2.75) is 90.6 Å². The molecule has 1 aromatic carbocycles. The Bertz CT molecular complexity index is 419. The Labute approximate surface area is 165 Å². The van der Waals surface area contributed by atoms with Crippen molar-refractivity contribution in [3.8, 4) is 0 Å². The van der Waals surface area contributed by atoms with E-state index >= 15 is 0 Å². The predicted octanol–water partition coefficient (Wildman–Crippen LogP) is 7.43. The smallest absolute Gasteiger partial charge is 0.123 e. The number of halogens is 1. The summed E-state index contributed by atoms with van der Waals surface area (Å²) in [6.07, 6.45) is 14.8. The molecular formula is C23H39FOS. The van der Waals surface area contributed by atoms with Gasteiger partial charge in [0.1, 0.15) is 5.82 Å². The summed E-state index contributed by atoms with van der Waals surface area (Å²) < 4.78 is 18.4. The second-order valence-electron chi connectivity index (χ2n) is 7.44. The van der Waals surface area contributed by atoms with E-state index in [0.717, 1.165) is 13.0 Å². The molecule has 150 valence electrons. The average Bonchev–Trinajstić information content (AvgIpc) is 2.62. The Morgan fingerprint density at radius 2 is 1.31 bits per heavy atom. The highest BCUT2D eigenvalue weighted by atomic mass is 32.2. The number of aryl methyl sites for hydroxylation is 1. The minimum Gasteiger partial charge on any atom is -0.379 e. The fourth-order valence-electron chi connectivity index (χ4n) is 3.00. The van der Waals surface area contributed by atoms with Crippen LogP contribution >= 0.6 is 11.8 Å². The molecule has 0 aliphatic carbocycles. The average molecular weight is 383 g/mol. The van der Waals surface area contributed by atoms with Crippen LogP contribution in [0.1, 0.15) is 83.6 Å². The number of rotatable bonds is 17. The highest BCUT2D eigenvalue weighted by Gasteiger charge is 1.97. The lowest BCUT2D eigenvalue weighted by Gasteiger charge is -2.07. The van der Waals surface area contributed by atoms with Gasteiger partial charge in [0, 0.05) is 6.61 Å². The van der Waals surface area contributed by atoms with Gasteiger partial charge in [0.05, 0.1) is 6.10 Å². The molecule has 0 atom stereocenters.